The van der Waals surface area contributed by atoms with Crippen LogP contribution in [0.15, 0.2) is 12.2 Å². The number of Topliss-reactive ketones (excluding diaryl/α,β-unsaturated/α-hetero) is 1. The molecule has 0 heterocycles. The van der Waals surface area contributed by atoms with Gasteiger partial charge in [-0.3, -0.25) is 4.79 Å². The van der Waals surface area contributed by atoms with Crippen molar-refractivity contribution in [1.29, 1.82) is 0 Å². The van der Waals surface area contributed by atoms with Crippen LogP contribution in [0, 0.1) is 17.8 Å². The van der Waals surface area contributed by atoms with Gasteiger partial charge in [0.2, 0.25) is 5.78 Å². The molecule has 3 nitrogen and oxygen atoms in total. The Bertz CT molecular complexity index is 313. The third kappa shape index (κ3) is 2.42. The molecule has 0 aromatic heterocycles. The monoisotopic (exact) mass is 204 g/mol. The second-order valence-electron chi connectivity index (χ2n) is 4.53. The normalized spacial score (nSPS) is 35.3. The van der Waals surface area contributed by atoms with Crippen molar-refractivity contribution < 1.29 is 9.58 Å². The van der Waals surface area contributed by atoms with Gasteiger partial charge < -0.3 is 5.53 Å². The minimum absolute atomic E-state index is 0.0396. The SMILES string of the molecule is [N-]=[N+]=CC(=O)CC1[C@H]2CC/C=C\CC[C@@H]12. The first-order valence-corrected chi connectivity index (χ1v) is 5.68. The van der Waals surface area contributed by atoms with Gasteiger partial charge in [-0.05, 0) is 43.4 Å². The largest absolute Gasteiger partial charge is 0.361 e. The van der Waals surface area contributed by atoms with Gasteiger partial charge in [0.05, 0.1) is 0 Å². The minimum atomic E-state index is -0.0396. The van der Waals surface area contributed by atoms with E-state index in [1.807, 2.05) is 0 Å². The first-order valence-electron chi connectivity index (χ1n) is 5.68. The Morgan fingerprint density at radius 2 is 1.93 bits per heavy atom. The number of hydrogen-bond acceptors (Lipinski definition) is 1. The van der Waals surface area contributed by atoms with E-state index >= 15 is 0 Å². The quantitative estimate of drug-likeness (QED) is 0.301. The summed E-state index contributed by atoms with van der Waals surface area (Å²) >= 11 is 0. The van der Waals surface area contributed by atoms with Crippen LogP contribution >= 0.6 is 0 Å². The van der Waals surface area contributed by atoms with Gasteiger partial charge in [0.25, 0.3) is 0 Å². The van der Waals surface area contributed by atoms with Crippen LogP contribution < -0.4 is 0 Å². The first kappa shape index (κ1) is 10.3. The van der Waals surface area contributed by atoms with E-state index in [1.54, 1.807) is 0 Å². The maximum atomic E-state index is 11.3. The highest BCUT2D eigenvalue weighted by Gasteiger charge is 2.49. The maximum Gasteiger partial charge on any atom is 0.323 e. The molecule has 0 aromatic rings. The summed E-state index contributed by atoms with van der Waals surface area (Å²) in [7, 11) is 0. The molecule has 0 aliphatic heterocycles. The lowest BCUT2D eigenvalue weighted by Gasteiger charge is -1.99. The third-order valence-electron chi connectivity index (χ3n) is 3.65. The van der Waals surface area contributed by atoms with E-state index in [-0.39, 0.29) is 5.78 Å². The van der Waals surface area contributed by atoms with Crippen LogP contribution in [-0.4, -0.2) is 16.8 Å². The van der Waals surface area contributed by atoms with Gasteiger partial charge in [0, 0.05) is 6.42 Å². The Hall–Kier alpha value is -1.21. The smallest absolute Gasteiger partial charge is 0.323 e. The molecule has 0 amide bonds. The molecule has 15 heavy (non-hydrogen) atoms. The summed E-state index contributed by atoms with van der Waals surface area (Å²) < 4.78 is 0. The molecule has 80 valence electrons. The van der Waals surface area contributed by atoms with E-state index in [4.69, 9.17) is 5.53 Å². The Morgan fingerprint density at radius 3 is 2.47 bits per heavy atom. The van der Waals surface area contributed by atoms with Crippen molar-refractivity contribution in [3.8, 4) is 0 Å². The lowest BCUT2D eigenvalue weighted by atomic mass is 10.1. The lowest BCUT2D eigenvalue weighted by molar-refractivity contribution is -0.116. The molecule has 0 N–H and O–H groups in total. The van der Waals surface area contributed by atoms with E-state index in [0.29, 0.717) is 12.3 Å². The van der Waals surface area contributed by atoms with E-state index in [1.165, 1.54) is 12.8 Å². The fourth-order valence-corrected chi connectivity index (χ4v) is 2.85. The minimum Gasteiger partial charge on any atom is -0.361 e. The second kappa shape index (κ2) is 4.54. The van der Waals surface area contributed by atoms with Gasteiger partial charge in [-0.15, -0.1) is 0 Å². The molecule has 0 bridgehead atoms. The number of ketones is 1. The Kier molecular flexibility index (Phi) is 3.12. The van der Waals surface area contributed by atoms with Crippen molar-refractivity contribution in [2.75, 3.05) is 0 Å². The van der Waals surface area contributed by atoms with Crippen LogP contribution in [0.1, 0.15) is 32.1 Å². The van der Waals surface area contributed by atoms with E-state index < -0.39 is 0 Å². The first-order chi connectivity index (χ1) is 7.33. The van der Waals surface area contributed by atoms with Crippen LogP contribution in [0.3, 0.4) is 0 Å². The molecule has 0 saturated heterocycles. The fourth-order valence-electron chi connectivity index (χ4n) is 2.85. The number of carbonyl (C=O) groups excluding carboxylic acids is 1. The van der Waals surface area contributed by atoms with Crippen molar-refractivity contribution in [1.82, 2.24) is 0 Å². The summed E-state index contributed by atoms with van der Waals surface area (Å²) in [6.45, 7) is 0. The Labute approximate surface area is 89.8 Å². The van der Waals surface area contributed by atoms with Crippen LogP contribution in [0.5, 0.6) is 0 Å². The predicted octanol–water partition coefficient (Wildman–Crippen LogP) is 2.24. The van der Waals surface area contributed by atoms with Crippen LogP contribution in [0.2, 0.25) is 0 Å². The van der Waals surface area contributed by atoms with Crippen molar-refractivity contribution >= 4 is 12.0 Å². The summed E-state index contributed by atoms with van der Waals surface area (Å²) in [5, 5.41) is 0. The van der Waals surface area contributed by atoms with E-state index in [0.717, 1.165) is 30.9 Å². The molecule has 1 unspecified atom stereocenters. The molecule has 2 aliphatic rings. The van der Waals surface area contributed by atoms with Gasteiger partial charge in [-0.25, -0.2) is 0 Å². The molecule has 0 aromatic carbocycles. The summed E-state index contributed by atoms with van der Waals surface area (Å²) in [6, 6.07) is 0. The zero-order valence-electron chi connectivity index (χ0n) is 8.80. The molecule has 3 atom stereocenters. The lowest BCUT2D eigenvalue weighted by Crippen LogP contribution is -2.02. The van der Waals surface area contributed by atoms with E-state index in [2.05, 4.69) is 16.9 Å². The maximum absolute atomic E-state index is 11.3. The molecule has 2 aliphatic carbocycles. The number of rotatable bonds is 3. The molecule has 0 radical (unpaired) electrons. The average molecular weight is 204 g/mol. The Balaban J connectivity index is 1.87. The van der Waals surface area contributed by atoms with Gasteiger partial charge >= 0.3 is 6.21 Å². The average Bonchev–Trinajstić information content (AvgIpc) is 2.75. The number of carbonyl (C=O) groups is 1. The number of hydrogen-bond donors (Lipinski definition) is 0. The molecule has 3 heteroatoms. The summed E-state index contributed by atoms with van der Waals surface area (Å²) in [6.07, 6.45) is 10.8. The zero-order chi connectivity index (χ0) is 10.7. The number of fused-ring (bicyclic) bond motifs is 1. The molecule has 1 saturated carbocycles. The summed E-state index contributed by atoms with van der Waals surface area (Å²) in [5.41, 5.74) is 8.26. The van der Waals surface area contributed by atoms with Crippen molar-refractivity contribution in [3.05, 3.63) is 17.7 Å². The van der Waals surface area contributed by atoms with Crippen LogP contribution in [-0.2, 0) is 4.79 Å². The van der Waals surface area contributed by atoms with Gasteiger partial charge in [0.1, 0.15) is 0 Å². The highest BCUT2D eigenvalue weighted by molar-refractivity contribution is 6.25. The van der Waals surface area contributed by atoms with Gasteiger partial charge in [-0.2, -0.15) is 4.79 Å². The van der Waals surface area contributed by atoms with Crippen molar-refractivity contribution in [2.45, 2.75) is 32.1 Å². The highest BCUT2D eigenvalue weighted by atomic mass is 16.1. The van der Waals surface area contributed by atoms with E-state index in [9.17, 15) is 4.79 Å². The van der Waals surface area contributed by atoms with Gasteiger partial charge in [0.15, 0.2) is 0 Å². The summed E-state index contributed by atoms with van der Waals surface area (Å²) in [5.74, 6) is 1.99. The molecule has 0 spiro atoms. The number of nitrogens with zero attached hydrogens (tertiary/aromatic N) is 2. The highest BCUT2D eigenvalue weighted by Crippen LogP contribution is 2.54. The standard InChI is InChI=1S/C12H16N2O/c13-14-8-9(15)7-12-10-5-3-1-2-4-6-11(10)12/h1-2,8,10-12H,3-7H2/b2-1-/t10-,11+,12?. The molecule has 2 rings (SSSR count). The molecular formula is C12H16N2O. The van der Waals surface area contributed by atoms with Crippen LogP contribution in [0.4, 0.5) is 0 Å². The van der Waals surface area contributed by atoms with Gasteiger partial charge in [-0.1, -0.05) is 12.2 Å². The fraction of sp³-hybridized carbons (Fsp3) is 0.667. The second-order valence-corrected chi connectivity index (χ2v) is 4.53. The third-order valence-corrected chi connectivity index (χ3v) is 3.65. The zero-order valence-corrected chi connectivity index (χ0v) is 8.80. The molecule has 1 fully saturated rings. The Morgan fingerprint density at radius 1 is 1.33 bits per heavy atom. The van der Waals surface area contributed by atoms with Crippen LogP contribution in [0.25, 0.3) is 5.53 Å². The number of allylic oxidation sites excluding steroid dienone is 2. The van der Waals surface area contributed by atoms with Crippen molar-refractivity contribution in [3.63, 3.8) is 0 Å². The summed E-state index contributed by atoms with van der Waals surface area (Å²) in [4.78, 5) is 14.1. The van der Waals surface area contributed by atoms with Crippen molar-refractivity contribution in [2.24, 2.45) is 17.8 Å². The molecular weight excluding hydrogens is 188 g/mol. The topological polar surface area (TPSA) is 53.5 Å². The predicted molar refractivity (Wildman–Crippen MR) is 57.4 cm³/mol.